The molecule has 2 rings (SSSR count). The number of hydrogen-bond acceptors (Lipinski definition) is 3. The second-order valence-corrected chi connectivity index (χ2v) is 6.69. The average molecular weight is 279 g/mol. The molecule has 0 spiro atoms. The zero-order chi connectivity index (χ0) is 13.7. The standard InChI is InChI=1S/C16H25NOS/c1-4-9-17-14(11-18-12(2)3)16-10-13-7-5-6-8-15(13)19-16/h5-8,12,14,16-17H,4,9-11H2,1-3H3. The van der Waals surface area contributed by atoms with Gasteiger partial charge in [0.2, 0.25) is 0 Å². The summed E-state index contributed by atoms with van der Waals surface area (Å²) in [7, 11) is 0. The van der Waals surface area contributed by atoms with Gasteiger partial charge in [-0.15, -0.1) is 11.8 Å². The number of fused-ring (bicyclic) bond motifs is 1. The summed E-state index contributed by atoms with van der Waals surface area (Å²) in [5, 5.41) is 4.26. The summed E-state index contributed by atoms with van der Waals surface area (Å²) in [4.78, 5) is 1.44. The first-order valence-electron chi connectivity index (χ1n) is 7.30. The summed E-state index contributed by atoms with van der Waals surface area (Å²) in [6, 6.07) is 9.21. The minimum Gasteiger partial charge on any atom is -0.377 e. The van der Waals surface area contributed by atoms with E-state index in [1.807, 2.05) is 11.8 Å². The highest BCUT2D eigenvalue weighted by atomic mass is 32.2. The van der Waals surface area contributed by atoms with Crippen LogP contribution in [0, 0.1) is 0 Å². The fourth-order valence-corrected chi connectivity index (χ4v) is 3.74. The summed E-state index contributed by atoms with van der Waals surface area (Å²) in [6.07, 6.45) is 2.63. The van der Waals surface area contributed by atoms with Gasteiger partial charge in [0, 0.05) is 16.2 Å². The highest BCUT2D eigenvalue weighted by Gasteiger charge is 2.29. The number of thioether (sulfide) groups is 1. The molecule has 2 unspecified atom stereocenters. The average Bonchev–Trinajstić information content (AvgIpc) is 2.82. The smallest absolute Gasteiger partial charge is 0.0634 e. The van der Waals surface area contributed by atoms with Crippen molar-refractivity contribution in [2.75, 3.05) is 13.2 Å². The Morgan fingerprint density at radius 3 is 2.84 bits per heavy atom. The minimum atomic E-state index is 0.305. The van der Waals surface area contributed by atoms with Crippen molar-refractivity contribution in [2.24, 2.45) is 0 Å². The third kappa shape index (κ3) is 4.23. The molecular formula is C16H25NOS. The van der Waals surface area contributed by atoms with Gasteiger partial charge in [-0.05, 0) is 44.9 Å². The number of benzene rings is 1. The van der Waals surface area contributed by atoms with Gasteiger partial charge in [-0.1, -0.05) is 25.1 Å². The summed E-state index contributed by atoms with van der Waals surface area (Å²) in [6.45, 7) is 8.30. The van der Waals surface area contributed by atoms with Crippen molar-refractivity contribution in [2.45, 2.75) is 55.9 Å². The maximum absolute atomic E-state index is 5.84. The molecular weight excluding hydrogens is 254 g/mol. The first kappa shape index (κ1) is 14.9. The van der Waals surface area contributed by atoms with Crippen molar-refractivity contribution in [3.05, 3.63) is 29.8 Å². The molecule has 1 aromatic carbocycles. The fraction of sp³-hybridized carbons (Fsp3) is 0.625. The Balaban J connectivity index is 1.96. The van der Waals surface area contributed by atoms with Gasteiger partial charge >= 0.3 is 0 Å². The first-order valence-corrected chi connectivity index (χ1v) is 8.18. The summed E-state index contributed by atoms with van der Waals surface area (Å²) < 4.78 is 5.84. The molecule has 0 radical (unpaired) electrons. The molecule has 2 atom stereocenters. The molecule has 1 aliphatic rings. The predicted molar refractivity (Wildman–Crippen MR) is 83.0 cm³/mol. The molecule has 0 aliphatic carbocycles. The molecule has 0 aromatic heterocycles. The SMILES string of the molecule is CCCNC(COC(C)C)C1Cc2ccccc2S1. The van der Waals surface area contributed by atoms with E-state index in [0.717, 1.165) is 19.6 Å². The summed E-state index contributed by atoms with van der Waals surface area (Å²) in [5.74, 6) is 0. The predicted octanol–water partition coefficient (Wildman–Crippen LogP) is 3.50. The molecule has 1 heterocycles. The van der Waals surface area contributed by atoms with Crippen molar-refractivity contribution in [3.8, 4) is 0 Å². The van der Waals surface area contributed by atoms with Gasteiger partial charge in [0.25, 0.3) is 0 Å². The fourth-order valence-electron chi connectivity index (χ4n) is 2.36. The molecule has 1 aromatic rings. The zero-order valence-corrected chi connectivity index (χ0v) is 13.0. The Hall–Kier alpha value is -0.510. The molecule has 2 nitrogen and oxygen atoms in total. The van der Waals surface area contributed by atoms with Crippen LogP contribution in [0.5, 0.6) is 0 Å². The number of rotatable bonds is 7. The van der Waals surface area contributed by atoms with Gasteiger partial charge in [-0.2, -0.15) is 0 Å². The Morgan fingerprint density at radius 1 is 1.37 bits per heavy atom. The van der Waals surface area contributed by atoms with E-state index in [4.69, 9.17) is 4.74 Å². The van der Waals surface area contributed by atoms with Crippen LogP contribution in [0.4, 0.5) is 0 Å². The molecule has 106 valence electrons. The molecule has 0 fully saturated rings. The van der Waals surface area contributed by atoms with Crippen LogP contribution in [-0.2, 0) is 11.2 Å². The van der Waals surface area contributed by atoms with Crippen LogP contribution in [0.25, 0.3) is 0 Å². The van der Waals surface area contributed by atoms with Gasteiger partial charge in [0.15, 0.2) is 0 Å². The third-order valence-electron chi connectivity index (χ3n) is 3.39. The quantitative estimate of drug-likeness (QED) is 0.825. The molecule has 0 saturated carbocycles. The highest BCUT2D eigenvalue weighted by Crippen LogP contribution is 2.38. The Kier molecular flexibility index (Phi) is 5.74. The normalized spacial score (nSPS) is 19.7. The van der Waals surface area contributed by atoms with Crippen LogP contribution in [0.2, 0.25) is 0 Å². The lowest BCUT2D eigenvalue weighted by Crippen LogP contribution is -2.42. The monoisotopic (exact) mass is 279 g/mol. The lowest BCUT2D eigenvalue weighted by Gasteiger charge is -2.25. The number of ether oxygens (including phenoxy) is 1. The molecule has 1 N–H and O–H groups in total. The highest BCUT2D eigenvalue weighted by molar-refractivity contribution is 8.00. The van der Waals surface area contributed by atoms with Gasteiger partial charge < -0.3 is 10.1 Å². The minimum absolute atomic E-state index is 0.305. The van der Waals surface area contributed by atoms with Gasteiger partial charge in [-0.3, -0.25) is 0 Å². The number of hydrogen-bond donors (Lipinski definition) is 1. The van der Waals surface area contributed by atoms with Crippen LogP contribution < -0.4 is 5.32 Å². The topological polar surface area (TPSA) is 21.3 Å². The molecule has 19 heavy (non-hydrogen) atoms. The van der Waals surface area contributed by atoms with Gasteiger partial charge in [0.1, 0.15) is 0 Å². The van der Waals surface area contributed by atoms with Crippen LogP contribution in [0.1, 0.15) is 32.8 Å². The van der Waals surface area contributed by atoms with Gasteiger partial charge in [0.05, 0.1) is 12.7 Å². The van der Waals surface area contributed by atoms with E-state index >= 15 is 0 Å². The summed E-state index contributed by atoms with van der Waals surface area (Å²) >= 11 is 2.00. The van der Waals surface area contributed by atoms with E-state index in [1.54, 1.807) is 0 Å². The molecule has 0 saturated heterocycles. The third-order valence-corrected chi connectivity index (χ3v) is 4.84. The van der Waals surface area contributed by atoms with Crippen molar-refractivity contribution in [1.29, 1.82) is 0 Å². The maximum atomic E-state index is 5.84. The Bertz CT molecular complexity index is 369. The van der Waals surface area contributed by atoms with Crippen LogP contribution in [0.3, 0.4) is 0 Å². The maximum Gasteiger partial charge on any atom is 0.0634 e. The van der Waals surface area contributed by atoms with Gasteiger partial charge in [-0.25, -0.2) is 0 Å². The zero-order valence-electron chi connectivity index (χ0n) is 12.2. The second-order valence-electron chi connectivity index (χ2n) is 5.41. The number of nitrogens with one attached hydrogen (secondary N) is 1. The van der Waals surface area contributed by atoms with Crippen LogP contribution >= 0.6 is 11.8 Å². The van der Waals surface area contributed by atoms with Crippen molar-refractivity contribution < 1.29 is 4.74 Å². The lowest BCUT2D eigenvalue weighted by atomic mass is 10.1. The second kappa shape index (κ2) is 7.32. The molecule has 0 bridgehead atoms. The largest absolute Gasteiger partial charge is 0.377 e. The van der Waals surface area contributed by atoms with Crippen LogP contribution in [-0.4, -0.2) is 30.5 Å². The molecule has 3 heteroatoms. The van der Waals surface area contributed by atoms with E-state index < -0.39 is 0 Å². The first-order chi connectivity index (χ1) is 9.20. The Morgan fingerprint density at radius 2 is 2.16 bits per heavy atom. The van der Waals surface area contributed by atoms with E-state index in [-0.39, 0.29) is 0 Å². The molecule has 0 amide bonds. The van der Waals surface area contributed by atoms with Crippen molar-refractivity contribution in [3.63, 3.8) is 0 Å². The van der Waals surface area contributed by atoms with E-state index in [0.29, 0.717) is 17.4 Å². The lowest BCUT2D eigenvalue weighted by molar-refractivity contribution is 0.0609. The Labute approximate surface area is 121 Å². The molecule has 1 aliphatic heterocycles. The van der Waals surface area contributed by atoms with Crippen molar-refractivity contribution in [1.82, 2.24) is 5.32 Å². The summed E-state index contributed by atoms with van der Waals surface area (Å²) in [5.41, 5.74) is 1.49. The van der Waals surface area contributed by atoms with Crippen molar-refractivity contribution >= 4 is 11.8 Å². The van der Waals surface area contributed by atoms with Crippen LogP contribution in [0.15, 0.2) is 29.2 Å². The van der Waals surface area contributed by atoms with E-state index in [1.165, 1.54) is 16.9 Å². The van der Waals surface area contributed by atoms with E-state index in [9.17, 15) is 0 Å². The van der Waals surface area contributed by atoms with E-state index in [2.05, 4.69) is 50.4 Å².